The minimum absolute atomic E-state index is 0.114. The number of anilines is 1. The summed E-state index contributed by atoms with van der Waals surface area (Å²) in [5.74, 6) is 0.842. The van der Waals surface area contributed by atoms with Crippen molar-refractivity contribution in [2.45, 2.75) is 43.0 Å². The van der Waals surface area contributed by atoms with Gasteiger partial charge in [-0.2, -0.15) is 5.26 Å². The number of carbonyl (C=O) groups excluding carboxylic acids is 1. The largest absolute Gasteiger partial charge is 0.366 e. The lowest BCUT2D eigenvalue weighted by Gasteiger charge is -2.39. The Balaban J connectivity index is 1.26. The molecule has 4 heterocycles. The van der Waals surface area contributed by atoms with E-state index < -0.39 is 5.41 Å². The van der Waals surface area contributed by atoms with E-state index in [1.54, 1.807) is 18.1 Å². The number of rotatable bonds is 7. The summed E-state index contributed by atoms with van der Waals surface area (Å²) in [5.41, 5.74) is 1.38. The van der Waals surface area contributed by atoms with E-state index in [4.69, 9.17) is 10.8 Å². The minimum Gasteiger partial charge on any atom is -0.366 e. The third-order valence-electron chi connectivity index (χ3n) is 7.88. The zero-order chi connectivity index (χ0) is 25.8. The van der Waals surface area contributed by atoms with E-state index in [1.165, 1.54) is 0 Å². The molecule has 6 rings (SSSR count). The van der Waals surface area contributed by atoms with Crippen molar-refractivity contribution in [3.8, 4) is 6.07 Å². The number of amides is 1. The molecule has 12 heteroatoms. The maximum absolute atomic E-state index is 12.7. The molecule has 37 heavy (non-hydrogen) atoms. The standard InChI is InChI=1S/C25H31N9OS2/c1-24(2-3-24)31-37-17-10-18(32-6-8-33(9-7-32)22(35)16-11-29-12-16)19-13-30-21(34(19)14-17)20(27)36-23(28)25(15-26)4-5-25/h10,13-14,16,27-29,31H,2-9,11-12H2,1H3. The minimum atomic E-state index is -0.716. The van der Waals surface area contributed by atoms with Crippen LogP contribution >= 0.6 is 23.7 Å². The van der Waals surface area contributed by atoms with Crippen LogP contribution in [0.2, 0.25) is 0 Å². The Morgan fingerprint density at radius 1 is 1.22 bits per heavy atom. The lowest BCUT2D eigenvalue weighted by molar-refractivity contribution is -0.137. The number of nitrogens with one attached hydrogen (secondary N) is 4. The molecule has 0 spiro atoms. The normalized spacial score (nSPS) is 21.8. The number of imidazole rings is 1. The van der Waals surface area contributed by atoms with Crippen LogP contribution in [0.1, 0.15) is 38.4 Å². The fourth-order valence-corrected chi connectivity index (χ4v) is 6.44. The fraction of sp³-hybridized carbons (Fsp3) is 0.560. The summed E-state index contributed by atoms with van der Waals surface area (Å²) in [6, 6.07) is 4.42. The molecule has 2 aliphatic heterocycles. The van der Waals surface area contributed by atoms with Gasteiger partial charge in [0.25, 0.3) is 0 Å². The topological polar surface area (TPSA) is 136 Å². The SMILES string of the molecule is CC1(NSc2cc(N3CCN(C(=O)C4CNC4)CC3)c3cnc(C(=N)SC(=N)C4(C#N)CC4)n3c2)CC1. The van der Waals surface area contributed by atoms with E-state index in [1.807, 2.05) is 15.5 Å². The van der Waals surface area contributed by atoms with Crippen LogP contribution in [0.25, 0.3) is 5.52 Å². The highest BCUT2D eigenvalue weighted by atomic mass is 32.2. The van der Waals surface area contributed by atoms with Crippen LogP contribution < -0.4 is 14.9 Å². The first-order chi connectivity index (χ1) is 17.8. The second-order valence-electron chi connectivity index (χ2n) is 10.8. The van der Waals surface area contributed by atoms with E-state index in [2.05, 4.69) is 39.0 Å². The molecule has 1 amide bonds. The summed E-state index contributed by atoms with van der Waals surface area (Å²) < 4.78 is 5.52. The molecule has 0 aromatic carbocycles. The highest BCUT2D eigenvalue weighted by Gasteiger charge is 2.48. The number of pyridine rings is 1. The molecule has 0 radical (unpaired) electrons. The smallest absolute Gasteiger partial charge is 0.228 e. The quantitative estimate of drug-likeness (QED) is 0.240. The van der Waals surface area contributed by atoms with Crippen molar-refractivity contribution < 1.29 is 4.79 Å². The van der Waals surface area contributed by atoms with E-state index in [-0.39, 0.29) is 27.5 Å². The van der Waals surface area contributed by atoms with E-state index in [0.29, 0.717) is 31.8 Å². The molecular weight excluding hydrogens is 506 g/mol. The van der Waals surface area contributed by atoms with Gasteiger partial charge in [-0.25, -0.2) is 4.98 Å². The lowest BCUT2D eigenvalue weighted by Crippen LogP contribution is -2.56. The molecule has 10 nitrogen and oxygen atoms in total. The number of piperazine rings is 1. The first-order valence-corrected chi connectivity index (χ1v) is 14.4. The Morgan fingerprint density at radius 2 is 1.95 bits per heavy atom. The zero-order valence-electron chi connectivity index (χ0n) is 20.8. The van der Waals surface area contributed by atoms with Gasteiger partial charge in [-0.3, -0.25) is 24.7 Å². The summed E-state index contributed by atoms with van der Waals surface area (Å²) in [6.45, 7) is 6.63. The molecule has 2 aliphatic carbocycles. The Morgan fingerprint density at radius 3 is 2.54 bits per heavy atom. The number of carbonyl (C=O) groups is 1. The van der Waals surface area contributed by atoms with Gasteiger partial charge < -0.3 is 15.1 Å². The van der Waals surface area contributed by atoms with Crippen LogP contribution in [0.3, 0.4) is 0 Å². The van der Waals surface area contributed by atoms with Gasteiger partial charge in [0.15, 0.2) is 5.82 Å². The number of hydrogen-bond acceptors (Lipinski definition) is 10. The van der Waals surface area contributed by atoms with Crippen LogP contribution in [-0.2, 0) is 4.79 Å². The van der Waals surface area contributed by atoms with Crippen LogP contribution in [-0.4, -0.2) is 75.1 Å². The number of thioether (sulfide) groups is 1. The van der Waals surface area contributed by atoms with Crippen LogP contribution in [0.4, 0.5) is 5.69 Å². The number of hydrogen-bond donors (Lipinski definition) is 4. The number of nitrogens with zero attached hydrogens (tertiary/aromatic N) is 5. The number of nitriles is 1. The predicted octanol–water partition coefficient (Wildman–Crippen LogP) is 2.69. The van der Waals surface area contributed by atoms with Gasteiger partial charge in [0.2, 0.25) is 5.91 Å². The Bertz CT molecular complexity index is 1310. The molecule has 4 fully saturated rings. The van der Waals surface area contributed by atoms with Crippen molar-refractivity contribution in [2.24, 2.45) is 11.3 Å². The third kappa shape index (κ3) is 4.74. The Kier molecular flexibility index (Phi) is 6.22. The lowest BCUT2D eigenvalue weighted by atomic mass is 10.0. The number of aromatic nitrogens is 2. The molecule has 0 atom stereocenters. The summed E-state index contributed by atoms with van der Waals surface area (Å²) in [4.78, 5) is 22.6. The van der Waals surface area contributed by atoms with E-state index >= 15 is 0 Å². The van der Waals surface area contributed by atoms with Crippen LogP contribution in [0.15, 0.2) is 23.4 Å². The van der Waals surface area contributed by atoms with Crippen LogP contribution in [0.5, 0.6) is 0 Å². The van der Waals surface area contributed by atoms with Gasteiger partial charge in [-0.15, -0.1) is 0 Å². The van der Waals surface area contributed by atoms with Crippen molar-refractivity contribution in [1.29, 1.82) is 16.1 Å². The van der Waals surface area contributed by atoms with Crippen molar-refractivity contribution in [3.05, 3.63) is 24.3 Å². The van der Waals surface area contributed by atoms with E-state index in [0.717, 1.165) is 66.9 Å². The first-order valence-electron chi connectivity index (χ1n) is 12.8. The Hall–Kier alpha value is -2.59. The molecule has 2 saturated carbocycles. The molecule has 4 N–H and O–H groups in total. The van der Waals surface area contributed by atoms with Crippen molar-refractivity contribution in [3.63, 3.8) is 0 Å². The average Bonchev–Trinajstić information content (AvgIpc) is 3.78. The number of fused-ring (bicyclic) bond motifs is 1. The van der Waals surface area contributed by atoms with Gasteiger partial charge in [-0.05, 0) is 50.6 Å². The zero-order valence-corrected chi connectivity index (χ0v) is 22.5. The molecule has 2 aromatic rings. The highest BCUT2D eigenvalue weighted by molar-refractivity contribution is 8.26. The summed E-state index contributed by atoms with van der Waals surface area (Å²) in [5, 5.41) is 30.1. The molecule has 2 saturated heterocycles. The maximum Gasteiger partial charge on any atom is 0.228 e. The third-order valence-corrected chi connectivity index (χ3v) is 9.91. The monoisotopic (exact) mass is 537 g/mol. The molecular formula is C25H31N9OS2. The maximum atomic E-state index is 12.7. The second kappa shape index (κ2) is 9.31. The Labute approximate surface area is 224 Å². The van der Waals surface area contributed by atoms with Crippen molar-refractivity contribution >= 4 is 50.9 Å². The van der Waals surface area contributed by atoms with E-state index in [9.17, 15) is 10.1 Å². The molecule has 0 unspecified atom stereocenters. The van der Waals surface area contributed by atoms with Gasteiger partial charge in [-0.1, -0.05) is 11.8 Å². The summed E-state index contributed by atoms with van der Waals surface area (Å²) in [7, 11) is 0. The van der Waals surface area contributed by atoms with Crippen molar-refractivity contribution in [2.75, 3.05) is 44.2 Å². The fourth-order valence-electron chi connectivity index (χ4n) is 4.65. The van der Waals surface area contributed by atoms with Crippen molar-refractivity contribution in [1.82, 2.24) is 24.3 Å². The second-order valence-corrected chi connectivity index (χ2v) is 12.7. The molecule has 4 aliphatic rings. The molecule has 2 aromatic heterocycles. The van der Waals surface area contributed by atoms with Gasteiger partial charge >= 0.3 is 0 Å². The summed E-state index contributed by atoms with van der Waals surface area (Å²) >= 11 is 2.63. The van der Waals surface area contributed by atoms with Gasteiger partial charge in [0, 0.05) is 55.9 Å². The predicted molar refractivity (Wildman–Crippen MR) is 146 cm³/mol. The summed E-state index contributed by atoms with van der Waals surface area (Å²) in [6.07, 6.45) is 7.48. The van der Waals surface area contributed by atoms with Gasteiger partial charge in [0.05, 0.1) is 34.4 Å². The highest BCUT2D eigenvalue weighted by Crippen LogP contribution is 2.49. The van der Waals surface area contributed by atoms with Crippen LogP contribution in [0, 0.1) is 33.5 Å². The molecule has 194 valence electrons. The molecule has 0 bridgehead atoms. The average molecular weight is 538 g/mol. The van der Waals surface area contributed by atoms with Gasteiger partial charge in [0.1, 0.15) is 10.5 Å². The first kappa shape index (κ1) is 24.7.